The molecular weight excluding hydrogens is 628 g/mol. The van der Waals surface area contributed by atoms with Gasteiger partial charge in [0.05, 0.1) is 28.9 Å². The molecule has 1 unspecified atom stereocenters. The average molecular weight is 669 g/mol. The van der Waals surface area contributed by atoms with Crippen LogP contribution in [-0.4, -0.2) is 63.8 Å². The first-order valence-electron chi connectivity index (χ1n) is 16.5. The lowest BCUT2D eigenvalue weighted by Gasteiger charge is -2.38. The minimum Gasteiger partial charge on any atom is -0.481 e. The van der Waals surface area contributed by atoms with Crippen molar-refractivity contribution in [3.63, 3.8) is 0 Å². The van der Waals surface area contributed by atoms with Gasteiger partial charge in [-0.2, -0.15) is 0 Å². The Hall–Kier alpha value is -4.44. The number of hydrogen-bond donors (Lipinski definition) is 1. The molecule has 2 aliphatic heterocycles. The summed E-state index contributed by atoms with van der Waals surface area (Å²) in [7, 11) is 0. The fraction of sp³-hybridized carbons (Fsp3) is 0.395. The SMILES string of the molecule is CC(C)(C)c1ccc(C(=O)CC(Cc2ccc(-c3ncc(N4CCC(c5ccccc5F)CC4)cn3)cc2)C(=O)N2CC(C(=O)O)C2)s1. The molecule has 1 atom stereocenters. The summed E-state index contributed by atoms with van der Waals surface area (Å²) in [5, 5.41) is 9.31. The van der Waals surface area contributed by atoms with Crippen molar-refractivity contribution in [3.05, 3.63) is 99.8 Å². The number of halogens is 1. The normalized spacial score (nSPS) is 16.4. The molecule has 4 heterocycles. The van der Waals surface area contributed by atoms with Gasteiger partial charge in [-0.3, -0.25) is 14.4 Å². The van der Waals surface area contributed by atoms with Crippen molar-refractivity contribution in [3.8, 4) is 11.4 Å². The minimum absolute atomic E-state index is 0.0566. The van der Waals surface area contributed by atoms with E-state index in [4.69, 9.17) is 0 Å². The highest BCUT2D eigenvalue weighted by molar-refractivity contribution is 7.14. The van der Waals surface area contributed by atoms with Crippen molar-refractivity contribution in [1.82, 2.24) is 14.9 Å². The summed E-state index contributed by atoms with van der Waals surface area (Å²) in [6.07, 6.45) is 5.80. The molecule has 8 nitrogen and oxygen atoms in total. The number of piperidine rings is 1. The molecule has 6 rings (SSSR count). The zero-order valence-electron chi connectivity index (χ0n) is 27.6. The van der Waals surface area contributed by atoms with E-state index in [9.17, 15) is 23.9 Å². The molecule has 0 aliphatic carbocycles. The number of ketones is 1. The number of nitrogens with zero attached hydrogens (tertiary/aromatic N) is 4. The Morgan fingerprint density at radius 1 is 0.958 bits per heavy atom. The van der Waals surface area contributed by atoms with E-state index in [1.807, 2.05) is 60.9 Å². The van der Waals surface area contributed by atoms with Gasteiger partial charge < -0.3 is 14.9 Å². The number of rotatable bonds is 10. The van der Waals surface area contributed by atoms with Crippen molar-refractivity contribution in [2.24, 2.45) is 11.8 Å². The Morgan fingerprint density at radius 3 is 2.23 bits per heavy atom. The van der Waals surface area contributed by atoms with Gasteiger partial charge in [0.2, 0.25) is 5.91 Å². The molecule has 2 fully saturated rings. The monoisotopic (exact) mass is 668 g/mol. The predicted octanol–water partition coefficient (Wildman–Crippen LogP) is 7.00. The number of thiophene rings is 1. The van der Waals surface area contributed by atoms with Crippen LogP contribution in [0.3, 0.4) is 0 Å². The van der Waals surface area contributed by atoms with E-state index in [1.54, 1.807) is 11.0 Å². The first-order valence-corrected chi connectivity index (χ1v) is 17.3. The van der Waals surface area contributed by atoms with Crippen LogP contribution in [0.4, 0.5) is 10.1 Å². The lowest BCUT2D eigenvalue weighted by atomic mass is 9.89. The van der Waals surface area contributed by atoms with Crippen molar-refractivity contribution in [2.45, 2.75) is 57.8 Å². The highest BCUT2D eigenvalue weighted by atomic mass is 32.1. The van der Waals surface area contributed by atoms with Gasteiger partial charge in [-0.15, -0.1) is 11.3 Å². The maximum Gasteiger partial charge on any atom is 0.310 e. The largest absolute Gasteiger partial charge is 0.481 e. The first kappa shape index (κ1) is 33.5. The van der Waals surface area contributed by atoms with Gasteiger partial charge in [-0.25, -0.2) is 14.4 Å². The maximum atomic E-state index is 14.3. The lowest BCUT2D eigenvalue weighted by Crippen LogP contribution is -2.55. The number of carboxylic acids is 1. The van der Waals surface area contributed by atoms with Crippen LogP contribution in [0.15, 0.2) is 73.1 Å². The van der Waals surface area contributed by atoms with E-state index in [2.05, 4.69) is 35.6 Å². The highest BCUT2D eigenvalue weighted by Gasteiger charge is 2.39. The Bertz CT molecular complexity index is 1770. The maximum absolute atomic E-state index is 14.3. The summed E-state index contributed by atoms with van der Waals surface area (Å²) in [4.78, 5) is 53.0. The third-order valence-corrected chi connectivity index (χ3v) is 11.0. The quantitative estimate of drug-likeness (QED) is 0.182. The molecule has 1 amide bonds. The summed E-state index contributed by atoms with van der Waals surface area (Å²) < 4.78 is 14.3. The van der Waals surface area contributed by atoms with E-state index in [0.717, 1.165) is 53.2 Å². The van der Waals surface area contributed by atoms with Gasteiger partial charge in [0.1, 0.15) is 5.82 Å². The number of carbonyl (C=O) groups is 3. The molecule has 2 saturated heterocycles. The van der Waals surface area contributed by atoms with Crippen LogP contribution in [-0.2, 0) is 21.4 Å². The topological polar surface area (TPSA) is 104 Å². The third-order valence-electron chi connectivity index (χ3n) is 9.48. The summed E-state index contributed by atoms with van der Waals surface area (Å²) in [6.45, 7) is 8.25. The van der Waals surface area contributed by atoms with Crippen molar-refractivity contribution < 1.29 is 23.9 Å². The number of amides is 1. The summed E-state index contributed by atoms with van der Waals surface area (Å²) in [5.74, 6) is -1.68. The van der Waals surface area contributed by atoms with E-state index in [0.29, 0.717) is 17.1 Å². The highest BCUT2D eigenvalue weighted by Crippen LogP contribution is 2.33. The number of aliphatic carboxylic acids is 1. The van der Waals surface area contributed by atoms with Gasteiger partial charge in [-0.05, 0) is 59.9 Å². The third kappa shape index (κ3) is 7.49. The molecule has 250 valence electrons. The minimum atomic E-state index is -0.907. The van der Waals surface area contributed by atoms with Gasteiger partial charge in [0.25, 0.3) is 0 Å². The molecule has 1 N–H and O–H groups in total. The predicted molar refractivity (Wildman–Crippen MR) is 185 cm³/mol. The van der Waals surface area contributed by atoms with Gasteiger partial charge in [0.15, 0.2) is 11.6 Å². The molecule has 10 heteroatoms. The van der Waals surface area contributed by atoms with Crippen molar-refractivity contribution in [1.29, 1.82) is 0 Å². The molecule has 2 aromatic heterocycles. The van der Waals surface area contributed by atoms with E-state index in [-0.39, 0.29) is 48.4 Å². The van der Waals surface area contributed by atoms with Crippen LogP contribution < -0.4 is 4.90 Å². The number of carboxylic acid groups (broad SMARTS) is 1. The molecule has 0 spiro atoms. The Morgan fingerprint density at radius 2 is 1.62 bits per heavy atom. The number of anilines is 1. The second kappa shape index (κ2) is 14.0. The van der Waals surface area contributed by atoms with E-state index < -0.39 is 17.8 Å². The van der Waals surface area contributed by atoms with Crippen LogP contribution in [0.1, 0.15) is 71.6 Å². The first-order chi connectivity index (χ1) is 23.0. The van der Waals surface area contributed by atoms with Crippen LogP contribution in [0.25, 0.3) is 11.4 Å². The van der Waals surface area contributed by atoms with Crippen LogP contribution >= 0.6 is 11.3 Å². The Labute approximate surface area is 284 Å². The molecular formula is C38H41FN4O4S. The number of aromatic nitrogens is 2. The number of hydrogen-bond acceptors (Lipinski definition) is 7. The Kier molecular flexibility index (Phi) is 9.73. The smallest absolute Gasteiger partial charge is 0.310 e. The van der Waals surface area contributed by atoms with Crippen LogP contribution in [0.5, 0.6) is 0 Å². The standard InChI is InChI=1S/C38H41FN4O4S/c1-38(2,3)34-13-12-33(48-34)32(44)19-27(36(45)43-22-28(23-43)37(46)47)18-24-8-10-26(11-9-24)35-40-20-29(21-41-35)42-16-14-25(15-17-42)30-6-4-5-7-31(30)39/h4-13,20-21,25,27-28H,14-19,22-23H2,1-3H3,(H,46,47). The average Bonchev–Trinajstić information content (AvgIpc) is 3.56. The molecule has 4 aromatic rings. The Balaban J connectivity index is 1.10. The second-order valence-electron chi connectivity index (χ2n) is 14.0. The molecule has 2 aromatic carbocycles. The number of benzene rings is 2. The summed E-state index contributed by atoms with van der Waals surface area (Å²) in [6, 6.07) is 18.6. The summed E-state index contributed by atoms with van der Waals surface area (Å²) in [5.41, 5.74) is 3.39. The molecule has 0 bridgehead atoms. The molecule has 2 aliphatic rings. The number of Topliss-reactive ketones (excluding diaryl/α,β-unsaturated/α-hetero) is 1. The molecule has 0 radical (unpaired) electrons. The van der Waals surface area contributed by atoms with Gasteiger partial charge in [0, 0.05) is 49.0 Å². The van der Waals surface area contributed by atoms with Crippen LogP contribution in [0, 0.1) is 17.7 Å². The fourth-order valence-corrected chi connectivity index (χ4v) is 7.51. The zero-order chi connectivity index (χ0) is 34.0. The number of likely N-dealkylation sites (tertiary alicyclic amines) is 1. The second-order valence-corrected chi connectivity index (χ2v) is 15.0. The fourth-order valence-electron chi connectivity index (χ4n) is 6.50. The van der Waals surface area contributed by atoms with Crippen LogP contribution in [0.2, 0.25) is 0 Å². The van der Waals surface area contributed by atoms with Gasteiger partial charge in [-0.1, -0.05) is 63.2 Å². The molecule has 0 saturated carbocycles. The van der Waals surface area contributed by atoms with E-state index in [1.165, 1.54) is 17.4 Å². The number of carbonyl (C=O) groups excluding carboxylic acids is 2. The molecule has 48 heavy (non-hydrogen) atoms. The lowest BCUT2D eigenvalue weighted by molar-refractivity contribution is -0.154. The van der Waals surface area contributed by atoms with Crippen molar-refractivity contribution >= 4 is 34.7 Å². The summed E-state index contributed by atoms with van der Waals surface area (Å²) >= 11 is 1.47. The van der Waals surface area contributed by atoms with Crippen molar-refractivity contribution in [2.75, 3.05) is 31.1 Å². The zero-order valence-corrected chi connectivity index (χ0v) is 28.4. The van der Waals surface area contributed by atoms with E-state index >= 15 is 0 Å². The van der Waals surface area contributed by atoms with Gasteiger partial charge >= 0.3 is 5.97 Å².